The van der Waals surface area contributed by atoms with E-state index in [2.05, 4.69) is 0 Å². The zero-order valence-electron chi connectivity index (χ0n) is 12.5. The molecule has 1 amide bonds. The van der Waals surface area contributed by atoms with Crippen LogP contribution in [0, 0.1) is 5.92 Å². The number of nitrogens with two attached hydrogens (primary N) is 1. The standard InChI is InChI=1S/C16H22N2O3/c1-3-10(2)14(17)15(19)18-9-12-7-5-4-6-11(12)8-13(18)16(20)21/h4-7,10,13-14H,3,8-9,17H2,1-2H3,(H,20,21)/t10-,13-,14-/m0/s1. The summed E-state index contributed by atoms with van der Waals surface area (Å²) >= 11 is 0. The zero-order chi connectivity index (χ0) is 15.6. The lowest BCUT2D eigenvalue weighted by Gasteiger charge is -2.36. The largest absolute Gasteiger partial charge is 0.480 e. The van der Waals surface area contributed by atoms with Gasteiger partial charge in [-0.05, 0) is 17.0 Å². The van der Waals surface area contributed by atoms with Gasteiger partial charge < -0.3 is 15.7 Å². The number of carboxylic acid groups (broad SMARTS) is 1. The van der Waals surface area contributed by atoms with Gasteiger partial charge in [0.2, 0.25) is 5.91 Å². The van der Waals surface area contributed by atoms with E-state index in [1.165, 1.54) is 4.90 Å². The smallest absolute Gasteiger partial charge is 0.326 e. The Morgan fingerprint density at radius 3 is 2.57 bits per heavy atom. The number of hydrogen-bond acceptors (Lipinski definition) is 3. The fraction of sp³-hybridized carbons (Fsp3) is 0.500. The number of amides is 1. The molecule has 0 unspecified atom stereocenters. The first-order valence-corrected chi connectivity index (χ1v) is 7.31. The van der Waals surface area contributed by atoms with E-state index in [0.29, 0.717) is 13.0 Å². The summed E-state index contributed by atoms with van der Waals surface area (Å²) in [6.07, 6.45) is 1.12. The van der Waals surface area contributed by atoms with Gasteiger partial charge in [-0.3, -0.25) is 4.79 Å². The quantitative estimate of drug-likeness (QED) is 0.878. The Morgan fingerprint density at radius 2 is 2.00 bits per heavy atom. The van der Waals surface area contributed by atoms with Crippen molar-refractivity contribution in [3.63, 3.8) is 0 Å². The summed E-state index contributed by atoms with van der Waals surface area (Å²) in [5.41, 5.74) is 7.99. The molecular weight excluding hydrogens is 268 g/mol. The van der Waals surface area contributed by atoms with Crippen LogP contribution in [0.1, 0.15) is 31.4 Å². The van der Waals surface area contributed by atoms with Crippen molar-refractivity contribution in [1.29, 1.82) is 0 Å². The third-order valence-electron chi connectivity index (χ3n) is 4.36. The molecule has 5 heteroatoms. The predicted molar refractivity (Wildman–Crippen MR) is 79.6 cm³/mol. The van der Waals surface area contributed by atoms with E-state index >= 15 is 0 Å². The normalized spacial score (nSPS) is 20.5. The number of rotatable bonds is 4. The predicted octanol–water partition coefficient (Wildman–Crippen LogP) is 1.40. The Morgan fingerprint density at radius 1 is 1.38 bits per heavy atom. The molecule has 1 aromatic carbocycles. The number of carboxylic acids is 1. The summed E-state index contributed by atoms with van der Waals surface area (Å²) < 4.78 is 0. The van der Waals surface area contributed by atoms with Crippen molar-refractivity contribution < 1.29 is 14.7 Å². The lowest BCUT2D eigenvalue weighted by atomic mass is 9.91. The average molecular weight is 290 g/mol. The van der Waals surface area contributed by atoms with Crippen molar-refractivity contribution >= 4 is 11.9 Å². The monoisotopic (exact) mass is 290 g/mol. The first kappa shape index (κ1) is 15.5. The molecule has 0 fully saturated rings. The maximum atomic E-state index is 12.6. The Balaban J connectivity index is 2.28. The highest BCUT2D eigenvalue weighted by molar-refractivity contribution is 5.87. The van der Waals surface area contributed by atoms with Crippen LogP contribution in [0.5, 0.6) is 0 Å². The summed E-state index contributed by atoms with van der Waals surface area (Å²) in [4.78, 5) is 25.5. The highest BCUT2D eigenvalue weighted by Crippen LogP contribution is 2.25. The second-order valence-corrected chi connectivity index (χ2v) is 5.70. The molecule has 3 N–H and O–H groups in total. The number of benzene rings is 1. The number of carbonyl (C=O) groups excluding carboxylic acids is 1. The van der Waals surface area contributed by atoms with E-state index < -0.39 is 18.1 Å². The van der Waals surface area contributed by atoms with Crippen molar-refractivity contribution in [2.45, 2.75) is 45.3 Å². The number of carbonyl (C=O) groups is 2. The molecular formula is C16H22N2O3. The minimum absolute atomic E-state index is 0.0316. The average Bonchev–Trinajstić information content (AvgIpc) is 2.51. The van der Waals surface area contributed by atoms with Crippen molar-refractivity contribution in [2.24, 2.45) is 11.7 Å². The van der Waals surface area contributed by atoms with Crippen LogP contribution in [0.4, 0.5) is 0 Å². The van der Waals surface area contributed by atoms with Crippen molar-refractivity contribution in [1.82, 2.24) is 4.90 Å². The van der Waals surface area contributed by atoms with E-state index in [-0.39, 0.29) is 11.8 Å². The molecule has 1 aliphatic rings. The van der Waals surface area contributed by atoms with Crippen LogP contribution in [0.2, 0.25) is 0 Å². The van der Waals surface area contributed by atoms with Crippen LogP contribution in [0.15, 0.2) is 24.3 Å². The van der Waals surface area contributed by atoms with Crippen LogP contribution < -0.4 is 5.73 Å². The summed E-state index contributed by atoms with van der Waals surface area (Å²) in [7, 11) is 0. The summed E-state index contributed by atoms with van der Waals surface area (Å²) in [6.45, 7) is 4.20. The molecule has 1 heterocycles. The molecule has 2 rings (SSSR count). The minimum Gasteiger partial charge on any atom is -0.480 e. The highest BCUT2D eigenvalue weighted by Gasteiger charge is 2.37. The number of fused-ring (bicyclic) bond motifs is 1. The molecule has 0 saturated carbocycles. The van der Waals surface area contributed by atoms with Crippen LogP contribution in [-0.2, 0) is 22.6 Å². The van der Waals surface area contributed by atoms with Gasteiger partial charge in [0.15, 0.2) is 0 Å². The Bertz CT molecular complexity index is 544. The van der Waals surface area contributed by atoms with E-state index in [1.54, 1.807) is 0 Å². The van der Waals surface area contributed by atoms with E-state index in [9.17, 15) is 14.7 Å². The second kappa shape index (κ2) is 6.26. The van der Waals surface area contributed by atoms with Crippen molar-refractivity contribution in [3.05, 3.63) is 35.4 Å². The molecule has 1 aliphatic heterocycles. The van der Waals surface area contributed by atoms with E-state index in [1.807, 2.05) is 38.1 Å². The van der Waals surface area contributed by atoms with Crippen LogP contribution >= 0.6 is 0 Å². The Kier molecular flexibility index (Phi) is 4.63. The van der Waals surface area contributed by atoms with Gasteiger partial charge in [0.25, 0.3) is 0 Å². The molecule has 114 valence electrons. The van der Waals surface area contributed by atoms with Gasteiger partial charge in [0.05, 0.1) is 6.04 Å². The van der Waals surface area contributed by atoms with Crippen molar-refractivity contribution in [2.75, 3.05) is 0 Å². The van der Waals surface area contributed by atoms with Gasteiger partial charge in [-0.15, -0.1) is 0 Å². The molecule has 0 bridgehead atoms. The molecule has 0 spiro atoms. The van der Waals surface area contributed by atoms with Gasteiger partial charge in [-0.1, -0.05) is 44.5 Å². The topological polar surface area (TPSA) is 83.6 Å². The maximum absolute atomic E-state index is 12.6. The van der Waals surface area contributed by atoms with E-state index in [4.69, 9.17) is 5.73 Å². The molecule has 5 nitrogen and oxygen atoms in total. The van der Waals surface area contributed by atoms with Gasteiger partial charge in [-0.25, -0.2) is 4.79 Å². The number of hydrogen-bond donors (Lipinski definition) is 2. The molecule has 1 aromatic rings. The van der Waals surface area contributed by atoms with Crippen molar-refractivity contribution in [3.8, 4) is 0 Å². The lowest BCUT2D eigenvalue weighted by Crippen LogP contribution is -2.55. The number of aliphatic carboxylic acids is 1. The molecule has 0 saturated heterocycles. The third kappa shape index (κ3) is 3.08. The zero-order valence-corrected chi connectivity index (χ0v) is 12.5. The molecule has 21 heavy (non-hydrogen) atoms. The highest BCUT2D eigenvalue weighted by atomic mass is 16.4. The van der Waals surface area contributed by atoms with E-state index in [0.717, 1.165) is 17.5 Å². The molecule has 3 atom stereocenters. The Labute approximate surface area is 124 Å². The number of nitrogens with zero attached hydrogens (tertiary/aromatic N) is 1. The second-order valence-electron chi connectivity index (χ2n) is 5.70. The van der Waals surface area contributed by atoms with Gasteiger partial charge in [0, 0.05) is 13.0 Å². The summed E-state index contributed by atoms with van der Waals surface area (Å²) in [5, 5.41) is 9.43. The van der Waals surface area contributed by atoms with Gasteiger partial charge in [-0.2, -0.15) is 0 Å². The maximum Gasteiger partial charge on any atom is 0.326 e. The fourth-order valence-corrected chi connectivity index (χ4v) is 2.66. The lowest BCUT2D eigenvalue weighted by molar-refractivity contribution is -0.152. The third-order valence-corrected chi connectivity index (χ3v) is 4.36. The summed E-state index contributed by atoms with van der Waals surface area (Å²) in [6, 6.07) is 6.16. The van der Waals surface area contributed by atoms with Crippen LogP contribution in [0.25, 0.3) is 0 Å². The molecule has 0 aromatic heterocycles. The first-order valence-electron chi connectivity index (χ1n) is 7.31. The van der Waals surface area contributed by atoms with Gasteiger partial charge >= 0.3 is 5.97 Å². The van der Waals surface area contributed by atoms with Crippen LogP contribution in [-0.4, -0.2) is 34.0 Å². The minimum atomic E-state index is -0.978. The molecule has 0 aliphatic carbocycles. The van der Waals surface area contributed by atoms with Crippen LogP contribution in [0.3, 0.4) is 0 Å². The first-order chi connectivity index (χ1) is 9.95. The molecule has 0 radical (unpaired) electrons. The summed E-state index contributed by atoms with van der Waals surface area (Å²) in [5.74, 6) is -1.22. The Hall–Kier alpha value is -1.88. The van der Waals surface area contributed by atoms with Gasteiger partial charge in [0.1, 0.15) is 6.04 Å². The SMILES string of the molecule is CC[C@H](C)[C@H](N)C(=O)N1Cc2ccccc2C[C@H]1C(=O)O. The fourth-order valence-electron chi connectivity index (χ4n) is 2.66.